The van der Waals surface area contributed by atoms with Crippen molar-refractivity contribution in [1.82, 2.24) is 0 Å². The van der Waals surface area contributed by atoms with E-state index in [-0.39, 0.29) is 33.1 Å². The summed E-state index contributed by atoms with van der Waals surface area (Å²) in [7, 11) is -2.45. The number of phenolic OH excluding ortho intramolecular Hbond substituents is 1. The van der Waals surface area contributed by atoms with Crippen LogP contribution >= 0.6 is 0 Å². The molecule has 0 spiro atoms. The van der Waals surface area contributed by atoms with Crippen LogP contribution in [0.25, 0.3) is 33.4 Å². The molecule has 152 valence electrons. The van der Waals surface area contributed by atoms with Gasteiger partial charge in [0.15, 0.2) is 11.5 Å². The summed E-state index contributed by atoms with van der Waals surface area (Å²) < 4.78 is 34.4. The van der Waals surface area contributed by atoms with E-state index in [9.17, 15) is 18.3 Å². The Morgan fingerprint density at radius 1 is 0.967 bits per heavy atom. The van der Waals surface area contributed by atoms with Crippen LogP contribution in [0.4, 0.5) is 0 Å². The number of nitrogens with two attached hydrogens (primary N) is 1. The Balaban J connectivity index is 2.04. The molecule has 8 heteroatoms. The summed E-state index contributed by atoms with van der Waals surface area (Å²) in [5.41, 5.74) is 1.36. The number of primary sulfonamides is 1. The first kappa shape index (κ1) is 19.7. The van der Waals surface area contributed by atoms with Gasteiger partial charge in [-0.05, 0) is 54.1 Å². The van der Waals surface area contributed by atoms with E-state index in [2.05, 4.69) is 0 Å². The average Bonchev–Trinajstić information content (AvgIpc) is 2.74. The summed E-state index contributed by atoms with van der Waals surface area (Å²) in [4.78, 5) is 13.3. The van der Waals surface area contributed by atoms with Crippen molar-refractivity contribution in [2.75, 3.05) is 7.11 Å². The highest BCUT2D eigenvalue weighted by Crippen LogP contribution is 2.36. The van der Waals surface area contributed by atoms with Gasteiger partial charge in [0, 0.05) is 5.56 Å². The van der Waals surface area contributed by atoms with Gasteiger partial charge in [0.2, 0.25) is 15.5 Å². The zero-order valence-corrected chi connectivity index (χ0v) is 16.6. The van der Waals surface area contributed by atoms with Crippen LogP contribution in [0.5, 0.6) is 11.5 Å². The molecule has 0 atom stereocenters. The molecule has 0 saturated heterocycles. The molecule has 0 aliphatic heterocycles. The van der Waals surface area contributed by atoms with Crippen molar-refractivity contribution in [3.63, 3.8) is 0 Å². The first-order chi connectivity index (χ1) is 14.3. The Bertz CT molecular complexity index is 1420. The Morgan fingerprint density at radius 3 is 2.30 bits per heavy atom. The zero-order valence-electron chi connectivity index (χ0n) is 15.8. The van der Waals surface area contributed by atoms with Crippen molar-refractivity contribution in [2.24, 2.45) is 5.14 Å². The van der Waals surface area contributed by atoms with E-state index in [1.807, 2.05) is 0 Å². The van der Waals surface area contributed by atoms with Gasteiger partial charge >= 0.3 is 0 Å². The Morgan fingerprint density at radius 2 is 1.63 bits per heavy atom. The van der Waals surface area contributed by atoms with Gasteiger partial charge in [-0.3, -0.25) is 4.79 Å². The maximum Gasteiger partial charge on any atom is 0.238 e. The minimum atomic E-state index is -3.86. The molecule has 4 aromatic rings. The number of sulfonamides is 1. The number of aromatic hydroxyl groups is 1. The maximum atomic E-state index is 13.4. The number of ether oxygens (including phenoxy) is 1. The van der Waals surface area contributed by atoms with Crippen LogP contribution < -0.4 is 15.3 Å². The highest BCUT2D eigenvalue weighted by molar-refractivity contribution is 7.89. The highest BCUT2D eigenvalue weighted by Gasteiger charge is 2.19. The van der Waals surface area contributed by atoms with E-state index in [0.29, 0.717) is 22.1 Å². The molecule has 7 nitrogen and oxygen atoms in total. The average molecular weight is 423 g/mol. The van der Waals surface area contributed by atoms with Crippen LogP contribution in [-0.2, 0) is 10.0 Å². The zero-order chi connectivity index (χ0) is 21.5. The van der Waals surface area contributed by atoms with E-state index in [4.69, 9.17) is 14.3 Å². The molecule has 0 radical (unpaired) electrons. The number of phenols is 1. The lowest BCUT2D eigenvalue weighted by atomic mass is 9.98. The van der Waals surface area contributed by atoms with Crippen molar-refractivity contribution in [1.29, 1.82) is 0 Å². The molecule has 4 rings (SSSR count). The lowest BCUT2D eigenvalue weighted by Gasteiger charge is -2.12. The van der Waals surface area contributed by atoms with Crippen LogP contribution in [0.2, 0.25) is 0 Å². The topological polar surface area (TPSA) is 120 Å². The second-order valence-electron chi connectivity index (χ2n) is 6.59. The van der Waals surface area contributed by atoms with E-state index in [1.165, 1.54) is 37.4 Å². The molecule has 0 fully saturated rings. The quantitative estimate of drug-likeness (QED) is 0.518. The second kappa shape index (κ2) is 7.33. The van der Waals surface area contributed by atoms with Gasteiger partial charge in [-0.1, -0.05) is 18.2 Å². The Hall–Kier alpha value is -3.62. The fraction of sp³-hybridized carbons (Fsp3) is 0.0455. The molecule has 3 N–H and O–H groups in total. The Kier molecular flexibility index (Phi) is 4.81. The minimum absolute atomic E-state index is 0.0535. The fourth-order valence-corrected chi connectivity index (χ4v) is 3.75. The van der Waals surface area contributed by atoms with Crippen molar-refractivity contribution in [2.45, 2.75) is 4.90 Å². The minimum Gasteiger partial charge on any atom is -0.504 e. The van der Waals surface area contributed by atoms with Crippen LogP contribution in [-0.4, -0.2) is 20.6 Å². The van der Waals surface area contributed by atoms with E-state index >= 15 is 0 Å². The lowest BCUT2D eigenvalue weighted by Crippen LogP contribution is -2.12. The number of para-hydroxylation sites is 1. The van der Waals surface area contributed by atoms with Gasteiger partial charge < -0.3 is 14.3 Å². The molecule has 30 heavy (non-hydrogen) atoms. The molecule has 0 aliphatic rings. The van der Waals surface area contributed by atoms with Gasteiger partial charge in [-0.25, -0.2) is 13.6 Å². The summed E-state index contributed by atoms with van der Waals surface area (Å²) in [6, 6.07) is 17.1. The molecule has 0 amide bonds. The predicted octanol–water partition coefficient (Wildman–Crippen LogP) is 3.49. The number of rotatable bonds is 4. The standard InChI is InChI=1S/C22H17NO6S/c1-28-19-12-14(8-11-17(19)24)20-21(25)16-4-2-3-5-18(16)29-22(20)13-6-9-15(10-7-13)30(23,26)27/h2-12,24H,1H3,(H2,23,26,27). The monoisotopic (exact) mass is 423 g/mol. The fourth-order valence-electron chi connectivity index (χ4n) is 3.24. The van der Waals surface area contributed by atoms with Gasteiger partial charge in [0.05, 0.1) is 23.0 Å². The van der Waals surface area contributed by atoms with Crippen LogP contribution in [0, 0.1) is 0 Å². The van der Waals surface area contributed by atoms with Crippen molar-refractivity contribution in [3.8, 4) is 33.9 Å². The maximum absolute atomic E-state index is 13.4. The molecule has 0 bridgehead atoms. The summed E-state index contributed by atoms with van der Waals surface area (Å²) >= 11 is 0. The summed E-state index contributed by atoms with van der Waals surface area (Å²) in [5.74, 6) is 0.397. The largest absolute Gasteiger partial charge is 0.504 e. The van der Waals surface area contributed by atoms with Crippen LogP contribution in [0.3, 0.4) is 0 Å². The number of methoxy groups -OCH3 is 1. The molecular formula is C22H17NO6S. The van der Waals surface area contributed by atoms with Crippen molar-refractivity contribution >= 4 is 21.0 Å². The molecule has 1 aromatic heterocycles. The molecule has 3 aromatic carbocycles. The third kappa shape index (κ3) is 3.42. The van der Waals surface area contributed by atoms with Crippen molar-refractivity contribution in [3.05, 3.63) is 77.0 Å². The molecule has 0 unspecified atom stereocenters. The van der Waals surface area contributed by atoms with Crippen molar-refractivity contribution < 1.29 is 22.7 Å². The van der Waals surface area contributed by atoms with E-state index < -0.39 is 10.0 Å². The molecule has 1 heterocycles. The first-order valence-electron chi connectivity index (χ1n) is 8.86. The summed E-state index contributed by atoms with van der Waals surface area (Å²) in [6.45, 7) is 0. The predicted molar refractivity (Wildman–Crippen MR) is 113 cm³/mol. The second-order valence-corrected chi connectivity index (χ2v) is 8.15. The van der Waals surface area contributed by atoms with Gasteiger partial charge in [0.1, 0.15) is 11.3 Å². The third-order valence-corrected chi connectivity index (χ3v) is 5.64. The van der Waals surface area contributed by atoms with Gasteiger partial charge in [-0.15, -0.1) is 0 Å². The SMILES string of the molecule is COc1cc(-c2c(-c3ccc(S(N)(=O)=O)cc3)oc3ccccc3c2=O)ccc1O. The summed E-state index contributed by atoms with van der Waals surface area (Å²) in [5, 5.41) is 15.5. The van der Waals surface area contributed by atoms with Gasteiger partial charge in [-0.2, -0.15) is 0 Å². The third-order valence-electron chi connectivity index (χ3n) is 4.71. The highest BCUT2D eigenvalue weighted by atomic mass is 32.2. The smallest absolute Gasteiger partial charge is 0.238 e. The van der Waals surface area contributed by atoms with Crippen LogP contribution in [0.1, 0.15) is 0 Å². The molecule has 0 saturated carbocycles. The molecular weight excluding hydrogens is 406 g/mol. The van der Waals surface area contributed by atoms with Crippen LogP contribution in [0.15, 0.2) is 80.8 Å². The normalized spacial score (nSPS) is 11.5. The number of hydrogen-bond acceptors (Lipinski definition) is 6. The summed E-state index contributed by atoms with van der Waals surface area (Å²) in [6.07, 6.45) is 0. The van der Waals surface area contributed by atoms with E-state index in [0.717, 1.165) is 0 Å². The lowest BCUT2D eigenvalue weighted by molar-refractivity contribution is 0.373. The first-order valence-corrected chi connectivity index (χ1v) is 10.4. The van der Waals surface area contributed by atoms with Gasteiger partial charge in [0.25, 0.3) is 0 Å². The van der Waals surface area contributed by atoms with E-state index in [1.54, 1.807) is 36.4 Å². The number of benzene rings is 3. The molecule has 0 aliphatic carbocycles. The number of hydrogen-bond donors (Lipinski definition) is 2. The number of fused-ring (bicyclic) bond motifs is 1. The Labute approximate surface area is 172 Å².